The largest absolute Gasteiger partial charge is 0.377 e. The molecule has 1 atom stereocenters. The molecule has 0 fully saturated rings. The molecule has 1 heterocycles. The second-order valence-corrected chi connectivity index (χ2v) is 5.07. The van der Waals surface area contributed by atoms with Crippen LogP contribution in [0.25, 0.3) is 11.6 Å². The molecule has 2 aliphatic rings. The lowest BCUT2D eigenvalue weighted by Crippen LogP contribution is -2.20. The Balaban J connectivity index is 1.87. The molecule has 1 unspecified atom stereocenters. The van der Waals surface area contributed by atoms with Crippen LogP contribution >= 0.6 is 0 Å². The zero-order valence-electron chi connectivity index (χ0n) is 10.4. The highest BCUT2D eigenvalue weighted by Crippen LogP contribution is 2.41. The van der Waals surface area contributed by atoms with Crippen LogP contribution in [0.4, 0.5) is 5.69 Å². The van der Waals surface area contributed by atoms with Crippen molar-refractivity contribution < 1.29 is 0 Å². The molecule has 0 spiro atoms. The maximum Gasteiger partial charge on any atom is 0.0992 e. The maximum atomic E-state index is 8.98. The topological polar surface area (TPSA) is 35.8 Å². The van der Waals surface area contributed by atoms with Crippen LogP contribution in [-0.4, -0.2) is 6.04 Å². The van der Waals surface area contributed by atoms with Crippen molar-refractivity contribution in [1.82, 2.24) is 0 Å². The molecule has 2 aromatic rings. The summed E-state index contributed by atoms with van der Waals surface area (Å²) in [7, 11) is 0. The first-order valence-corrected chi connectivity index (χ1v) is 6.46. The van der Waals surface area contributed by atoms with E-state index in [4.69, 9.17) is 5.26 Å². The average molecular weight is 244 g/mol. The van der Waals surface area contributed by atoms with E-state index in [2.05, 4.69) is 47.8 Å². The lowest BCUT2D eigenvalue weighted by molar-refractivity contribution is 0.894. The minimum Gasteiger partial charge on any atom is -0.377 e. The predicted molar refractivity (Wildman–Crippen MR) is 76.6 cm³/mol. The summed E-state index contributed by atoms with van der Waals surface area (Å²) in [4.78, 5) is 0. The number of anilines is 1. The van der Waals surface area contributed by atoms with Gasteiger partial charge in [-0.3, -0.25) is 0 Å². The number of rotatable bonds is 0. The number of hydrogen-bond donors (Lipinski definition) is 1. The first-order valence-electron chi connectivity index (χ1n) is 6.46. The standard InChI is InChI=1S/C17H12N2/c18-10-11-5-6-14-15-8-12-3-1-2-4-13(12)9-17(15)19-16(14)7-11/h1-8,17,19H,9H2. The molecule has 19 heavy (non-hydrogen) atoms. The molecule has 0 amide bonds. The van der Waals surface area contributed by atoms with E-state index >= 15 is 0 Å². The van der Waals surface area contributed by atoms with E-state index in [1.165, 1.54) is 22.3 Å². The lowest BCUT2D eigenvalue weighted by atomic mass is 9.87. The minimum atomic E-state index is 0.346. The number of nitrogens with zero attached hydrogens (tertiary/aromatic N) is 1. The highest BCUT2D eigenvalue weighted by Gasteiger charge is 2.29. The zero-order valence-corrected chi connectivity index (χ0v) is 10.4. The van der Waals surface area contributed by atoms with Crippen molar-refractivity contribution in [2.75, 3.05) is 5.32 Å². The second kappa shape index (κ2) is 3.73. The number of hydrogen-bond acceptors (Lipinski definition) is 2. The van der Waals surface area contributed by atoms with E-state index in [-0.39, 0.29) is 0 Å². The summed E-state index contributed by atoms with van der Waals surface area (Å²) in [5.41, 5.74) is 7.08. The van der Waals surface area contributed by atoms with Gasteiger partial charge in [0.25, 0.3) is 0 Å². The SMILES string of the molecule is N#Cc1ccc2c(c1)NC1Cc3ccccc3C=C21. The predicted octanol–water partition coefficient (Wildman–Crippen LogP) is 3.45. The summed E-state index contributed by atoms with van der Waals surface area (Å²) in [6.07, 6.45) is 3.28. The Labute approximate surface area is 112 Å². The average Bonchev–Trinajstić information content (AvgIpc) is 2.81. The molecule has 0 bridgehead atoms. The summed E-state index contributed by atoms with van der Waals surface area (Å²) >= 11 is 0. The summed E-state index contributed by atoms with van der Waals surface area (Å²) in [6, 6.07) is 17.0. The molecule has 1 aliphatic heterocycles. The van der Waals surface area contributed by atoms with E-state index in [1.54, 1.807) is 0 Å². The molecule has 0 saturated heterocycles. The zero-order chi connectivity index (χ0) is 12.8. The van der Waals surface area contributed by atoms with Crippen molar-refractivity contribution in [3.8, 4) is 6.07 Å². The molecule has 2 aromatic carbocycles. The van der Waals surface area contributed by atoms with Crippen LogP contribution in [0, 0.1) is 11.3 Å². The van der Waals surface area contributed by atoms with Gasteiger partial charge in [-0.15, -0.1) is 0 Å². The lowest BCUT2D eigenvalue weighted by Gasteiger charge is -2.20. The third-order valence-electron chi connectivity index (χ3n) is 3.95. The highest BCUT2D eigenvalue weighted by molar-refractivity contribution is 5.97. The third kappa shape index (κ3) is 1.49. The van der Waals surface area contributed by atoms with Crippen LogP contribution in [0.3, 0.4) is 0 Å². The number of benzene rings is 2. The Morgan fingerprint density at radius 3 is 2.95 bits per heavy atom. The van der Waals surface area contributed by atoms with Crippen molar-refractivity contribution in [2.24, 2.45) is 0 Å². The van der Waals surface area contributed by atoms with Crippen LogP contribution in [0.2, 0.25) is 0 Å². The van der Waals surface area contributed by atoms with Crippen molar-refractivity contribution in [3.05, 3.63) is 64.7 Å². The molecule has 2 nitrogen and oxygen atoms in total. The van der Waals surface area contributed by atoms with Gasteiger partial charge in [0.15, 0.2) is 0 Å². The first-order chi connectivity index (χ1) is 9.35. The van der Waals surface area contributed by atoms with Crippen LogP contribution < -0.4 is 5.32 Å². The molecule has 90 valence electrons. The molecule has 0 aromatic heterocycles. The normalized spacial score (nSPS) is 18.5. The van der Waals surface area contributed by atoms with Gasteiger partial charge in [0.1, 0.15) is 0 Å². The third-order valence-corrected chi connectivity index (χ3v) is 3.95. The molecule has 0 radical (unpaired) electrons. The van der Waals surface area contributed by atoms with Gasteiger partial charge < -0.3 is 5.32 Å². The Kier molecular flexibility index (Phi) is 2.04. The molecule has 0 saturated carbocycles. The van der Waals surface area contributed by atoms with Crippen molar-refractivity contribution in [3.63, 3.8) is 0 Å². The number of nitrogens with one attached hydrogen (secondary N) is 1. The maximum absolute atomic E-state index is 8.98. The van der Waals surface area contributed by atoms with Gasteiger partial charge >= 0.3 is 0 Å². The van der Waals surface area contributed by atoms with Crippen LogP contribution in [0.5, 0.6) is 0 Å². The fourth-order valence-corrected chi connectivity index (χ4v) is 3.03. The van der Waals surface area contributed by atoms with E-state index in [1.807, 2.05) is 12.1 Å². The fraction of sp³-hybridized carbons (Fsp3) is 0.118. The smallest absolute Gasteiger partial charge is 0.0992 e. The van der Waals surface area contributed by atoms with Crippen LogP contribution in [-0.2, 0) is 6.42 Å². The number of nitriles is 1. The summed E-state index contributed by atoms with van der Waals surface area (Å²) < 4.78 is 0. The Hall–Kier alpha value is -2.53. The van der Waals surface area contributed by atoms with E-state index in [0.29, 0.717) is 11.6 Å². The first kappa shape index (κ1) is 10.4. The summed E-state index contributed by atoms with van der Waals surface area (Å²) in [5.74, 6) is 0. The van der Waals surface area contributed by atoms with Gasteiger partial charge in [-0.2, -0.15) is 5.26 Å². The van der Waals surface area contributed by atoms with Gasteiger partial charge in [-0.05, 0) is 41.3 Å². The van der Waals surface area contributed by atoms with Crippen LogP contribution in [0.15, 0.2) is 42.5 Å². The molecular formula is C17H12N2. The molecule has 2 heteroatoms. The number of fused-ring (bicyclic) bond motifs is 4. The van der Waals surface area contributed by atoms with Crippen molar-refractivity contribution >= 4 is 17.3 Å². The molecule has 1 aliphatic carbocycles. The Bertz CT molecular complexity index is 750. The monoisotopic (exact) mass is 244 g/mol. The van der Waals surface area contributed by atoms with Crippen LogP contribution in [0.1, 0.15) is 22.3 Å². The van der Waals surface area contributed by atoms with Gasteiger partial charge in [-0.1, -0.05) is 30.3 Å². The van der Waals surface area contributed by atoms with Gasteiger partial charge in [0.2, 0.25) is 0 Å². The quantitative estimate of drug-likeness (QED) is 0.770. The minimum absolute atomic E-state index is 0.346. The van der Waals surface area contributed by atoms with Gasteiger partial charge in [-0.25, -0.2) is 0 Å². The van der Waals surface area contributed by atoms with E-state index < -0.39 is 0 Å². The van der Waals surface area contributed by atoms with E-state index in [0.717, 1.165) is 12.1 Å². The fourth-order valence-electron chi connectivity index (χ4n) is 3.03. The second-order valence-electron chi connectivity index (χ2n) is 5.07. The molecule has 4 rings (SSSR count). The Morgan fingerprint density at radius 1 is 1.16 bits per heavy atom. The highest BCUT2D eigenvalue weighted by atomic mass is 15.0. The van der Waals surface area contributed by atoms with Gasteiger partial charge in [0, 0.05) is 11.3 Å². The molecular weight excluding hydrogens is 232 g/mol. The van der Waals surface area contributed by atoms with E-state index in [9.17, 15) is 0 Å². The summed E-state index contributed by atoms with van der Waals surface area (Å²) in [6.45, 7) is 0. The Morgan fingerprint density at radius 2 is 2.05 bits per heavy atom. The molecule has 1 N–H and O–H groups in total. The van der Waals surface area contributed by atoms with Gasteiger partial charge in [0.05, 0.1) is 17.7 Å². The summed E-state index contributed by atoms with van der Waals surface area (Å²) in [5, 5.41) is 12.5. The van der Waals surface area contributed by atoms with Crippen molar-refractivity contribution in [1.29, 1.82) is 5.26 Å². The van der Waals surface area contributed by atoms with Crippen molar-refractivity contribution in [2.45, 2.75) is 12.5 Å².